The molecule has 0 heterocycles. The molecule has 59 heavy (non-hydrogen) atoms. The van der Waals surface area contributed by atoms with Crippen LogP contribution in [0.3, 0.4) is 0 Å². The number of hydrogen-bond donors (Lipinski definition) is 0. The van der Waals surface area contributed by atoms with Crippen LogP contribution in [0.4, 0.5) is 17.1 Å². The van der Waals surface area contributed by atoms with Gasteiger partial charge in [0.15, 0.2) is 0 Å². The average molecular weight is 753 g/mol. The lowest BCUT2D eigenvalue weighted by atomic mass is 9.49. The van der Waals surface area contributed by atoms with Gasteiger partial charge in [-0.1, -0.05) is 176 Å². The largest absolute Gasteiger partial charge is 0.310 e. The first-order chi connectivity index (χ1) is 29.2. The van der Waals surface area contributed by atoms with Gasteiger partial charge in [0.1, 0.15) is 0 Å². The van der Waals surface area contributed by atoms with Crippen LogP contribution in [0, 0.1) is 17.2 Å². The van der Waals surface area contributed by atoms with E-state index in [1.165, 1.54) is 61.2 Å². The second-order valence-corrected chi connectivity index (χ2v) is 15.9. The van der Waals surface area contributed by atoms with Gasteiger partial charge in [-0.25, -0.2) is 0 Å². The number of allylic oxidation sites excluding steroid dienone is 4. The van der Waals surface area contributed by atoms with Gasteiger partial charge in [0.2, 0.25) is 0 Å². The van der Waals surface area contributed by atoms with E-state index in [1.807, 2.05) is 12.1 Å². The lowest BCUT2D eigenvalue weighted by Gasteiger charge is -2.52. The van der Waals surface area contributed by atoms with E-state index >= 15 is 0 Å². The molecular weight excluding hydrogens is 713 g/mol. The molecule has 0 radical (unpaired) electrons. The van der Waals surface area contributed by atoms with Gasteiger partial charge in [0, 0.05) is 17.1 Å². The topological polar surface area (TPSA) is 27.0 Å². The van der Waals surface area contributed by atoms with Crippen LogP contribution in [-0.2, 0) is 10.8 Å². The van der Waals surface area contributed by atoms with Gasteiger partial charge >= 0.3 is 0 Å². The van der Waals surface area contributed by atoms with Gasteiger partial charge in [0.25, 0.3) is 0 Å². The zero-order valence-electron chi connectivity index (χ0n) is 32.5. The van der Waals surface area contributed by atoms with Gasteiger partial charge in [-0.15, -0.1) is 0 Å². The molecule has 0 saturated carbocycles. The van der Waals surface area contributed by atoms with Gasteiger partial charge in [-0.3, -0.25) is 0 Å². The molecule has 278 valence electrons. The molecule has 3 aliphatic rings. The van der Waals surface area contributed by atoms with Crippen LogP contribution in [0.15, 0.2) is 224 Å². The zero-order chi connectivity index (χ0) is 39.4. The fourth-order valence-corrected chi connectivity index (χ4v) is 10.7. The van der Waals surface area contributed by atoms with Crippen LogP contribution in [0.25, 0.3) is 22.3 Å². The van der Waals surface area contributed by atoms with Crippen molar-refractivity contribution in [3.63, 3.8) is 0 Å². The fourth-order valence-electron chi connectivity index (χ4n) is 10.7. The number of anilines is 3. The highest BCUT2D eigenvalue weighted by Crippen LogP contribution is 2.66. The lowest BCUT2D eigenvalue weighted by molar-refractivity contribution is 0.424. The van der Waals surface area contributed by atoms with Crippen molar-refractivity contribution >= 4 is 17.1 Å². The maximum Gasteiger partial charge on any atom is 0.0991 e. The highest BCUT2D eigenvalue weighted by atomic mass is 15.1. The predicted molar refractivity (Wildman–Crippen MR) is 241 cm³/mol. The Labute approximate surface area is 346 Å². The molecule has 0 aromatic heterocycles. The lowest BCUT2D eigenvalue weighted by Crippen LogP contribution is -2.47. The third-order valence-electron chi connectivity index (χ3n) is 13.0. The first-order valence-electron chi connectivity index (χ1n) is 20.5. The SMILES string of the molecule is N#Cc1ccc(N(c2ccc(-c3ccccc3)cc2)c2cccc(C3(C4C=CC=CC4)c4ccccc4C4(c5ccccc5)c5ccccc5-c5cccc3c54)c2)cc1. The minimum absolute atomic E-state index is 0.140. The van der Waals surface area contributed by atoms with E-state index in [9.17, 15) is 5.26 Å². The Morgan fingerprint density at radius 2 is 1.07 bits per heavy atom. The van der Waals surface area contributed by atoms with Crippen LogP contribution >= 0.6 is 0 Å². The zero-order valence-corrected chi connectivity index (χ0v) is 32.5. The minimum atomic E-state index is -0.535. The molecule has 8 aromatic carbocycles. The van der Waals surface area contributed by atoms with Gasteiger partial charge < -0.3 is 4.90 Å². The van der Waals surface area contributed by atoms with Crippen molar-refractivity contribution in [1.29, 1.82) is 5.26 Å². The highest BCUT2D eigenvalue weighted by molar-refractivity contribution is 5.91. The second kappa shape index (κ2) is 13.9. The van der Waals surface area contributed by atoms with Crippen LogP contribution < -0.4 is 4.90 Å². The third kappa shape index (κ3) is 5.12. The number of nitrogens with zero attached hydrogens (tertiary/aromatic N) is 2. The quantitative estimate of drug-likeness (QED) is 0.162. The monoisotopic (exact) mass is 752 g/mol. The Balaban J connectivity index is 1.19. The van der Waals surface area contributed by atoms with Crippen molar-refractivity contribution in [3.05, 3.63) is 269 Å². The van der Waals surface area contributed by atoms with Crippen LogP contribution in [-0.4, -0.2) is 0 Å². The molecule has 3 unspecified atom stereocenters. The normalized spacial score (nSPS) is 19.3. The summed E-state index contributed by atoms with van der Waals surface area (Å²) in [4.78, 5) is 2.33. The van der Waals surface area contributed by atoms with Crippen LogP contribution in [0.5, 0.6) is 0 Å². The molecule has 0 aliphatic heterocycles. The Hall–Kier alpha value is -7.47. The average Bonchev–Trinajstić information content (AvgIpc) is 3.63. The number of hydrogen-bond acceptors (Lipinski definition) is 2. The predicted octanol–water partition coefficient (Wildman–Crippen LogP) is 13.8. The standard InChI is InChI=1S/C57H40N2/c58-39-40-30-34-46(35-31-40)59(47-36-32-42(33-37-47)41-16-4-1-5-17-41)48-23-14-22-45(38-48)56(43-18-6-2-7-19-43)52-27-12-13-28-53(52)57(44-20-8-3-9-21-44)51-26-11-10-24-49(51)50-25-15-29-54(56)55(50)57/h1-18,20-38,43H,19H2. The summed E-state index contributed by atoms with van der Waals surface area (Å²) in [5.74, 6) is 0.140. The summed E-state index contributed by atoms with van der Waals surface area (Å²) >= 11 is 0. The first-order valence-corrected chi connectivity index (χ1v) is 20.5. The van der Waals surface area contributed by atoms with Crippen molar-refractivity contribution in [2.45, 2.75) is 17.3 Å². The molecule has 0 spiro atoms. The molecule has 0 amide bonds. The Kier molecular flexibility index (Phi) is 8.17. The first kappa shape index (κ1) is 34.8. The van der Waals surface area contributed by atoms with E-state index in [0.29, 0.717) is 5.56 Å². The summed E-state index contributed by atoms with van der Waals surface area (Å²) in [6, 6.07) is 75.5. The van der Waals surface area contributed by atoms with E-state index < -0.39 is 10.8 Å². The summed E-state index contributed by atoms with van der Waals surface area (Å²) in [5.41, 5.74) is 17.0. The Morgan fingerprint density at radius 3 is 1.80 bits per heavy atom. The Morgan fingerprint density at radius 1 is 0.475 bits per heavy atom. The van der Waals surface area contributed by atoms with E-state index in [2.05, 4.69) is 223 Å². The van der Waals surface area contributed by atoms with E-state index in [4.69, 9.17) is 0 Å². The van der Waals surface area contributed by atoms with E-state index in [0.717, 1.165) is 23.5 Å². The molecule has 8 aromatic rings. The van der Waals surface area contributed by atoms with Crippen molar-refractivity contribution in [2.24, 2.45) is 5.92 Å². The van der Waals surface area contributed by atoms with Gasteiger partial charge in [-0.05, 0) is 122 Å². The highest BCUT2D eigenvalue weighted by Gasteiger charge is 2.58. The number of rotatable bonds is 7. The molecular formula is C57H40N2. The summed E-state index contributed by atoms with van der Waals surface area (Å²) < 4.78 is 0. The second-order valence-electron chi connectivity index (χ2n) is 15.9. The molecule has 2 nitrogen and oxygen atoms in total. The molecule has 2 heteroatoms. The molecule has 11 rings (SSSR count). The van der Waals surface area contributed by atoms with Crippen molar-refractivity contribution in [1.82, 2.24) is 0 Å². The number of fused-ring (bicyclic) bond motifs is 5. The Bertz CT molecular complexity index is 2970. The molecule has 0 fully saturated rings. The van der Waals surface area contributed by atoms with Gasteiger partial charge in [-0.2, -0.15) is 5.26 Å². The molecule has 3 atom stereocenters. The molecule has 0 bridgehead atoms. The molecule has 3 aliphatic carbocycles. The minimum Gasteiger partial charge on any atom is -0.310 e. The summed E-state index contributed by atoms with van der Waals surface area (Å²) in [6.07, 6.45) is 10.1. The van der Waals surface area contributed by atoms with Crippen LogP contribution in [0.1, 0.15) is 50.9 Å². The van der Waals surface area contributed by atoms with Gasteiger partial charge in [0.05, 0.1) is 22.5 Å². The number of benzene rings is 8. The third-order valence-corrected chi connectivity index (χ3v) is 13.0. The van der Waals surface area contributed by atoms with Crippen molar-refractivity contribution in [2.75, 3.05) is 4.90 Å². The maximum absolute atomic E-state index is 9.75. The maximum atomic E-state index is 9.75. The fraction of sp³-hybridized carbons (Fsp3) is 0.0702. The number of nitriles is 1. The van der Waals surface area contributed by atoms with Crippen molar-refractivity contribution in [3.8, 4) is 28.3 Å². The van der Waals surface area contributed by atoms with E-state index in [1.54, 1.807) is 0 Å². The van der Waals surface area contributed by atoms with Crippen LogP contribution in [0.2, 0.25) is 0 Å². The smallest absolute Gasteiger partial charge is 0.0991 e. The van der Waals surface area contributed by atoms with E-state index in [-0.39, 0.29) is 5.92 Å². The molecule has 0 saturated heterocycles. The molecule has 0 N–H and O–H groups in total. The summed E-state index contributed by atoms with van der Waals surface area (Å²) in [6.45, 7) is 0. The summed E-state index contributed by atoms with van der Waals surface area (Å²) in [5, 5.41) is 9.75. The summed E-state index contributed by atoms with van der Waals surface area (Å²) in [7, 11) is 0. The van der Waals surface area contributed by atoms with Crippen molar-refractivity contribution < 1.29 is 0 Å².